The van der Waals surface area contributed by atoms with E-state index in [1.165, 1.54) is 6.33 Å². The lowest BCUT2D eigenvalue weighted by Gasteiger charge is -2.19. The highest BCUT2D eigenvalue weighted by Gasteiger charge is 2.22. The van der Waals surface area contributed by atoms with E-state index in [4.69, 9.17) is 15.2 Å². The number of aryl methyl sites for hydroxylation is 1. The molecular weight excluding hydrogens is 500 g/mol. The molecule has 8 nitrogen and oxygen atoms in total. The van der Waals surface area contributed by atoms with Crippen molar-refractivity contribution in [2.75, 3.05) is 23.7 Å². The molecule has 0 radical (unpaired) electrons. The summed E-state index contributed by atoms with van der Waals surface area (Å²) in [5.41, 5.74) is 9.52. The van der Waals surface area contributed by atoms with Crippen LogP contribution in [0.3, 0.4) is 0 Å². The molecule has 0 spiro atoms. The zero-order chi connectivity index (χ0) is 27.3. The number of nitrogens with zero attached hydrogens (tertiary/aromatic N) is 2. The smallest absolute Gasteiger partial charge is 0.263 e. The summed E-state index contributed by atoms with van der Waals surface area (Å²) in [6, 6.07) is 21.5. The van der Waals surface area contributed by atoms with Crippen LogP contribution >= 0.6 is 0 Å². The highest BCUT2D eigenvalue weighted by molar-refractivity contribution is 7.92. The summed E-state index contributed by atoms with van der Waals surface area (Å²) in [6.07, 6.45) is 1.27. The molecule has 0 bridgehead atoms. The summed E-state index contributed by atoms with van der Waals surface area (Å²) in [5, 5.41) is 0. The lowest BCUT2D eigenvalue weighted by Crippen LogP contribution is -2.17. The number of sulfonamides is 1. The van der Waals surface area contributed by atoms with Crippen LogP contribution in [0, 0.1) is 6.92 Å². The fraction of sp³-hybridized carbons (Fsp3) is 0.241. The van der Waals surface area contributed by atoms with Crippen LogP contribution in [0.4, 0.5) is 11.5 Å². The molecule has 4 aromatic rings. The Morgan fingerprint density at radius 2 is 1.47 bits per heavy atom. The maximum atomic E-state index is 13.3. The molecule has 0 saturated carbocycles. The highest BCUT2D eigenvalue weighted by Crippen LogP contribution is 2.35. The molecule has 0 saturated heterocycles. The minimum absolute atomic E-state index is 0.0925. The largest absolute Gasteiger partial charge is 0.490 e. The topological polar surface area (TPSA) is 116 Å². The zero-order valence-electron chi connectivity index (χ0n) is 21.9. The van der Waals surface area contributed by atoms with Gasteiger partial charge in [-0.1, -0.05) is 62.7 Å². The summed E-state index contributed by atoms with van der Waals surface area (Å²) >= 11 is 0. The molecule has 0 fully saturated rings. The molecular formula is C29H32N4O4S. The van der Waals surface area contributed by atoms with Gasteiger partial charge in [0.1, 0.15) is 25.3 Å². The number of ether oxygens (including phenoxy) is 2. The van der Waals surface area contributed by atoms with Gasteiger partial charge in [-0.25, -0.2) is 18.4 Å². The average molecular weight is 533 g/mol. The van der Waals surface area contributed by atoms with E-state index in [1.54, 1.807) is 36.4 Å². The molecule has 0 aliphatic heterocycles. The predicted molar refractivity (Wildman–Crippen MR) is 150 cm³/mol. The Bertz CT molecular complexity index is 1480. The molecule has 3 aromatic carbocycles. The number of hydrogen-bond donors (Lipinski definition) is 2. The molecule has 0 aliphatic rings. The van der Waals surface area contributed by atoms with Crippen LogP contribution in [0.5, 0.6) is 11.6 Å². The summed E-state index contributed by atoms with van der Waals surface area (Å²) in [6.45, 7) is 8.63. The van der Waals surface area contributed by atoms with Crippen molar-refractivity contribution < 1.29 is 17.9 Å². The summed E-state index contributed by atoms with van der Waals surface area (Å²) < 4.78 is 40.9. The first-order valence-electron chi connectivity index (χ1n) is 12.2. The van der Waals surface area contributed by atoms with E-state index in [2.05, 4.69) is 35.5 Å². The van der Waals surface area contributed by atoms with Gasteiger partial charge < -0.3 is 15.2 Å². The van der Waals surface area contributed by atoms with Crippen LogP contribution in [-0.2, 0) is 15.4 Å². The Kier molecular flexibility index (Phi) is 7.87. The van der Waals surface area contributed by atoms with Gasteiger partial charge in [-0.05, 0) is 59.9 Å². The molecule has 1 heterocycles. The third-order valence-corrected chi connectivity index (χ3v) is 7.24. The van der Waals surface area contributed by atoms with E-state index in [-0.39, 0.29) is 35.2 Å². The van der Waals surface area contributed by atoms with Gasteiger partial charge in [-0.2, -0.15) is 0 Å². The minimum Gasteiger partial charge on any atom is -0.490 e. The maximum absolute atomic E-state index is 13.3. The van der Waals surface area contributed by atoms with Crippen molar-refractivity contribution in [3.05, 3.63) is 90.3 Å². The van der Waals surface area contributed by atoms with Crippen molar-refractivity contribution in [2.24, 2.45) is 0 Å². The number of aromatic nitrogens is 2. The standard InChI is InChI=1S/C29H32N4O4S/c1-20-5-7-21(8-6-20)26-27(33-38(34,35)25-15-9-22(10-16-25)29(2,3)4)31-19-32-28(26)37-18-17-36-24-13-11-23(30)12-14-24/h5-16,19H,17-18,30H2,1-4H3,(H,31,32,33). The third kappa shape index (κ3) is 6.60. The Morgan fingerprint density at radius 3 is 2.11 bits per heavy atom. The van der Waals surface area contributed by atoms with Gasteiger partial charge in [-0.15, -0.1) is 0 Å². The van der Waals surface area contributed by atoms with Crippen LogP contribution in [0.15, 0.2) is 84.0 Å². The summed E-state index contributed by atoms with van der Waals surface area (Å²) in [4.78, 5) is 8.70. The maximum Gasteiger partial charge on any atom is 0.263 e. The van der Waals surface area contributed by atoms with Crippen LogP contribution in [0.25, 0.3) is 11.1 Å². The lowest BCUT2D eigenvalue weighted by atomic mass is 9.87. The number of benzene rings is 3. The van der Waals surface area contributed by atoms with Gasteiger partial charge in [0.05, 0.1) is 10.5 Å². The quantitative estimate of drug-likeness (QED) is 0.213. The fourth-order valence-electron chi connectivity index (χ4n) is 3.72. The molecule has 198 valence electrons. The molecule has 9 heteroatoms. The van der Waals surface area contributed by atoms with Crippen molar-refractivity contribution in [3.63, 3.8) is 0 Å². The molecule has 0 amide bonds. The first-order chi connectivity index (χ1) is 18.0. The van der Waals surface area contributed by atoms with Crippen molar-refractivity contribution in [1.82, 2.24) is 9.97 Å². The van der Waals surface area contributed by atoms with Crippen LogP contribution < -0.4 is 19.9 Å². The van der Waals surface area contributed by atoms with E-state index < -0.39 is 10.0 Å². The first kappa shape index (κ1) is 26.9. The second-order valence-electron chi connectivity index (χ2n) is 9.91. The van der Waals surface area contributed by atoms with Crippen LogP contribution in [-0.4, -0.2) is 31.6 Å². The third-order valence-electron chi connectivity index (χ3n) is 5.89. The number of nitrogen functional groups attached to an aromatic ring is 1. The molecule has 4 rings (SSSR count). The average Bonchev–Trinajstić information content (AvgIpc) is 2.88. The Balaban J connectivity index is 1.60. The van der Waals surface area contributed by atoms with E-state index in [1.807, 2.05) is 43.3 Å². The Labute approximate surface area is 223 Å². The van der Waals surface area contributed by atoms with Crippen LogP contribution in [0.1, 0.15) is 31.9 Å². The van der Waals surface area contributed by atoms with E-state index in [0.29, 0.717) is 22.6 Å². The van der Waals surface area contributed by atoms with Crippen molar-refractivity contribution >= 4 is 21.5 Å². The zero-order valence-corrected chi connectivity index (χ0v) is 22.7. The van der Waals surface area contributed by atoms with Crippen molar-refractivity contribution in [3.8, 4) is 22.8 Å². The summed E-state index contributed by atoms with van der Waals surface area (Å²) in [5.74, 6) is 1.03. The van der Waals surface area contributed by atoms with Crippen LogP contribution in [0.2, 0.25) is 0 Å². The molecule has 3 N–H and O–H groups in total. The van der Waals surface area contributed by atoms with Gasteiger partial charge in [0.25, 0.3) is 10.0 Å². The van der Waals surface area contributed by atoms with Crippen molar-refractivity contribution in [2.45, 2.75) is 38.0 Å². The fourth-order valence-corrected chi connectivity index (χ4v) is 4.74. The van der Waals surface area contributed by atoms with Gasteiger partial charge in [0.2, 0.25) is 5.88 Å². The van der Waals surface area contributed by atoms with Gasteiger partial charge >= 0.3 is 0 Å². The lowest BCUT2D eigenvalue weighted by molar-refractivity contribution is 0.212. The monoisotopic (exact) mass is 532 g/mol. The van der Waals surface area contributed by atoms with E-state index >= 15 is 0 Å². The first-order valence-corrected chi connectivity index (χ1v) is 13.7. The summed E-state index contributed by atoms with van der Waals surface area (Å²) in [7, 11) is -3.93. The number of nitrogens with one attached hydrogen (secondary N) is 1. The minimum atomic E-state index is -3.93. The Hall–Kier alpha value is -4.11. The predicted octanol–water partition coefficient (Wildman–Crippen LogP) is 5.59. The number of hydrogen-bond acceptors (Lipinski definition) is 7. The number of anilines is 2. The highest BCUT2D eigenvalue weighted by atomic mass is 32.2. The molecule has 38 heavy (non-hydrogen) atoms. The van der Waals surface area contributed by atoms with Gasteiger partial charge in [-0.3, -0.25) is 4.72 Å². The van der Waals surface area contributed by atoms with Gasteiger partial charge in [0, 0.05) is 5.69 Å². The van der Waals surface area contributed by atoms with E-state index in [9.17, 15) is 8.42 Å². The number of nitrogens with two attached hydrogens (primary N) is 1. The Morgan fingerprint density at radius 1 is 0.842 bits per heavy atom. The van der Waals surface area contributed by atoms with E-state index in [0.717, 1.165) is 11.1 Å². The molecule has 0 unspecified atom stereocenters. The van der Waals surface area contributed by atoms with Gasteiger partial charge in [0.15, 0.2) is 5.82 Å². The normalized spacial score (nSPS) is 11.7. The SMILES string of the molecule is Cc1ccc(-c2c(NS(=O)(=O)c3ccc(C(C)(C)C)cc3)ncnc2OCCOc2ccc(N)cc2)cc1. The second kappa shape index (κ2) is 11.1. The molecule has 0 aliphatic carbocycles. The van der Waals surface area contributed by atoms with Crippen molar-refractivity contribution in [1.29, 1.82) is 0 Å². The second-order valence-corrected chi connectivity index (χ2v) is 11.6. The molecule has 1 aromatic heterocycles. The number of rotatable bonds is 9. The molecule has 0 atom stereocenters.